The number of nitrogens with zero attached hydrogens (tertiary/aromatic N) is 1. The summed E-state index contributed by atoms with van der Waals surface area (Å²) < 4.78 is 0. The predicted molar refractivity (Wildman–Crippen MR) is 97.2 cm³/mol. The number of hydrogen-bond acceptors (Lipinski definition) is 1. The van der Waals surface area contributed by atoms with E-state index < -0.39 is 0 Å². The molecule has 3 aliphatic rings. The van der Waals surface area contributed by atoms with Gasteiger partial charge in [0, 0.05) is 30.2 Å². The van der Waals surface area contributed by atoms with Crippen LogP contribution in [0.5, 0.6) is 0 Å². The Morgan fingerprint density at radius 1 is 1.00 bits per heavy atom. The van der Waals surface area contributed by atoms with E-state index in [2.05, 4.69) is 54.3 Å². The molecule has 0 N–H and O–H groups in total. The number of hydrogen-bond donors (Lipinski definition) is 0. The zero-order valence-electron chi connectivity index (χ0n) is 13.6. The maximum absolute atomic E-state index is 6.48. The predicted octanol–water partition coefficient (Wildman–Crippen LogP) is 5.49. The highest BCUT2D eigenvalue weighted by molar-refractivity contribution is 6.32. The minimum atomic E-state index is 0.943. The molecule has 0 unspecified atom stereocenters. The summed E-state index contributed by atoms with van der Waals surface area (Å²) in [5.74, 6) is 0. The Morgan fingerprint density at radius 3 is 2.65 bits per heavy atom. The largest absolute Gasteiger partial charge is 0.370 e. The fourth-order valence-electron chi connectivity index (χ4n) is 3.81. The monoisotopic (exact) mass is 323 g/mol. The molecule has 4 rings (SSSR count). The highest BCUT2D eigenvalue weighted by Gasteiger charge is 2.23. The topological polar surface area (TPSA) is 3.24 Å². The molecule has 0 fully saturated rings. The van der Waals surface area contributed by atoms with Gasteiger partial charge in [0.1, 0.15) is 0 Å². The van der Waals surface area contributed by atoms with Gasteiger partial charge >= 0.3 is 0 Å². The van der Waals surface area contributed by atoms with Crippen LogP contribution in [-0.2, 0) is 13.0 Å². The second-order valence-electron chi connectivity index (χ2n) is 6.78. The molecule has 1 aromatic carbocycles. The van der Waals surface area contributed by atoms with Gasteiger partial charge in [-0.05, 0) is 60.6 Å². The Bertz CT molecular complexity index is 764. The molecule has 1 heterocycles. The van der Waals surface area contributed by atoms with Crippen molar-refractivity contribution in [3.05, 3.63) is 81.1 Å². The molecule has 1 nitrogen and oxygen atoms in total. The van der Waals surface area contributed by atoms with Crippen molar-refractivity contribution in [2.24, 2.45) is 0 Å². The normalized spacial score (nSPS) is 21.0. The van der Waals surface area contributed by atoms with E-state index in [1.807, 2.05) is 0 Å². The lowest BCUT2D eigenvalue weighted by molar-refractivity contribution is 0.317. The molecule has 0 atom stereocenters. The lowest BCUT2D eigenvalue weighted by Gasteiger charge is -2.32. The molecular weight excluding hydrogens is 302 g/mol. The van der Waals surface area contributed by atoms with Crippen LogP contribution < -0.4 is 0 Å². The Morgan fingerprint density at radius 2 is 1.83 bits per heavy atom. The molecule has 2 aliphatic carbocycles. The molecule has 1 aliphatic heterocycles. The SMILES string of the molecule is CC1=CC(Cl)=C(C2=CC=C(N3CCc4ccccc4C3)C2)CC1. The number of halogens is 1. The van der Waals surface area contributed by atoms with Crippen molar-refractivity contribution in [3.8, 4) is 0 Å². The van der Waals surface area contributed by atoms with Crippen LogP contribution in [0.25, 0.3) is 0 Å². The van der Waals surface area contributed by atoms with Crippen LogP contribution >= 0.6 is 11.6 Å². The van der Waals surface area contributed by atoms with Gasteiger partial charge in [0.05, 0.1) is 0 Å². The minimum absolute atomic E-state index is 0.943. The van der Waals surface area contributed by atoms with E-state index in [0.29, 0.717) is 0 Å². The number of allylic oxidation sites excluding steroid dienone is 7. The standard InChI is InChI=1S/C21H22ClN/c1-15-6-9-20(21(22)12-15)17-7-8-19(13-17)23-11-10-16-4-2-3-5-18(16)14-23/h2-5,7-8,12H,6,9-11,13-14H2,1H3. The van der Waals surface area contributed by atoms with Gasteiger partial charge < -0.3 is 4.90 Å². The highest BCUT2D eigenvalue weighted by Crippen LogP contribution is 2.37. The number of rotatable bonds is 2. The Labute approximate surface area is 143 Å². The molecule has 118 valence electrons. The Hall–Kier alpha value is -1.73. The summed E-state index contributed by atoms with van der Waals surface area (Å²) in [5, 5.41) is 0.943. The van der Waals surface area contributed by atoms with Crippen LogP contribution in [0.15, 0.2) is 69.9 Å². The van der Waals surface area contributed by atoms with Crippen LogP contribution in [0, 0.1) is 0 Å². The van der Waals surface area contributed by atoms with E-state index in [9.17, 15) is 0 Å². The lowest BCUT2D eigenvalue weighted by Crippen LogP contribution is -2.29. The second kappa shape index (κ2) is 6.05. The van der Waals surface area contributed by atoms with Crippen molar-refractivity contribution in [2.75, 3.05) is 6.54 Å². The van der Waals surface area contributed by atoms with E-state index in [1.165, 1.54) is 33.5 Å². The van der Waals surface area contributed by atoms with Crippen LogP contribution in [0.4, 0.5) is 0 Å². The van der Waals surface area contributed by atoms with Crippen molar-refractivity contribution < 1.29 is 0 Å². The summed E-state index contributed by atoms with van der Waals surface area (Å²) in [6.07, 6.45) is 11.1. The molecule has 23 heavy (non-hydrogen) atoms. The molecule has 2 heteroatoms. The Balaban J connectivity index is 1.48. The number of benzene rings is 1. The molecular formula is C21H22ClN. The summed E-state index contributed by atoms with van der Waals surface area (Å²) in [7, 11) is 0. The van der Waals surface area contributed by atoms with Crippen LogP contribution in [0.3, 0.4) is 0 Å². The van der Waals surface area contributed by atoms with E-state index in [4.69, 9.17) is 11.6 Å². The molecule has 1 aromatic rings. The molecule has 0 spiro atoms. The maximum atomic E-state index is 6.48. The fraction of sp³-hybridized carbons (Fsp3) is 0.333. The van der Waals surface area contributed by atoms with Gasteiger partial charge in [-0.3, -0.25) is 0 Å². The Kier molecular flexibility index (Phi) is 3.90. The molecule has 0 aromatic heterocycles. The maximum Gasteiger partial charge on any atom is 0.0440 e. The summed E-state index contributed by atoms with van der Waals surface area (Å²) >= 11 is 6.48. The van der Waals surface area contributed by atoms with Crippen molar-refractivity contribution in [2.45, 2.75) is 39.2 Å². The summed E-state index contributed by atoms with van der Waals surface area (Å²) in [5.41, 5.74) is 8.57. The lowest BCUT2D eigenvalue weighted by atomic mass is 9.92. The smallest absolute Gasteiger partial charge is 0.0440 e. The molecule has 0 saturated carbocycles. The van der Waals surface area contributed by atoms with Crippen LogP contribution in [0.2, 0.25) is 0 Å². The van der Waals surface area contributed by atoms with Gasteiger partial charge in [0.25, 0.3) is 0 Å². The van der Waals surface area contributed by atoms with Crippen molar-refractivity contribution >= 4 is 11.6 Å². The van der Waals surface area contributed by atoms with Gasteiger partial charge in [-0.2, -0.15) is 0 Å². The molecule has 0 amide bonds. The van der Waals surface area contributed by atoms with Gasteiger partial charge in [-0.15, -0.1) is 0 Å². The van der Waals surface area contributed by atoms with Crippen molar-refractivity contribution in [1.82, 2.24) is 4.90 Å². The van der Waals surface area contributed by atoms with E-state index in [-0.39, 0.29) is 0 Å². The average molecular weight is 324 g/mol. The van der Waals surface area contributed by atoms with Crippen molar-refractivity contribution in [3.63, 3.8) is 0 Å². The summed E-state index contributed by atoms with van der Waals surface area (Å²) in [6.45, 7) is 4.32. The molecule has 0 saturated heterocycles. The first-order valence-corrected chi connectivity index (χ1v) is 8.86. The second-order valence-corrected chi connectivity index (χ2v) is 7.19. The van der Waals surface area contributed by atoms with Gasteiger partial charge in [-0.25, -0.2) is 0 Å². The average Bonchev–Trinajstić information content (AvgIpc) is 3.04. The first-order valence-electron chi connectivity index (χ1n) is 8.48. The van der Waals surface area contributed by atoms with Crippen molar-refractivity contribution in [1.29, 1.82) is 0 Å². The summed E-state index contributed by atoms with van der Waals surface area (Å²) in [4.78, 5) is 2.53. The fourth-order valence-corrected chi connectivity index (χ4v) is 4.21. The minimum Gasteiger partial charge on any atom is -0.370 e. The summed E-state index contributed by atoms with van der Waals surface area (Å²) in [6, 6.07) is 8.83. The third-order valence-corrected chi connectivity index (χ3v) is 5.54. The molecule has 0 radical (unpaired) electrons. The van der Waals surface area contributed by atoms with E-state index >= 15 is 0 Å². The highest BCUT2D eigenvalue weighted by atomic mass is 35.5. The van der Waals surface area contributed by atoms with Gasteiger partial charge in [0.15, 0.2) is 0 Å². The third-order valence-electron chi connectivity index (χ3n) is 5.20. The van der Waals surface area contributed by atoms with Crippen LogP contribution in [0.1, 0.15) is 37.3 Å². The first kappa shape index (κ1) is 14.8. The quantitative estimate of drug-likeness (QED) is 0.695. The first-order chi connectivity index (χ1) is 11.2. The van der Waals surface area contributed by atoms with Crippen LogP contribution in [-0.4, -0.2) is 11.4 Å². The van der Waals surface area contributed by atoms with Gasteiger partial charge in [-0.1, -0.05) is 47.5 Å². The zero-order chi connectivity index (χ0) is 15.8. The van der Waals surface area contributed by atoms with Gasteiger partial charge in [0.2, 0.25) is 0 Å². The van der Waals surface area contributed by atoms with E-state index in [1.54, 1.807) is 0 Å². The zero-order valence-corrected chi connectivity index (χ0v) is 14.4. The number of fused-ring (bicyclic) bond motifs is 1. The van der Waals surface area contributed by atoms with E-state index in [0.717, 1.165) is 43.8 Å². The third kappa shape index (κ3) is 2.90. The molecule has 0 bridgehead atoms.